The van der Waals surface area contributed by atoms with Crippen LogP contribution in [0.25, 0.3) is 6.08 Å². The number of halogens is 1. The van der Waals surface area contributed by atoms with Gasteiger partial charge in [-0.2, -0.15) is 0 Å². The highest BCUT2D eigenvalue weighted by Gasteiger charge is 2.22. The summed E-state index contributed by atoms with van der Waals surface area (Å²) in [6.45, 7) is 7.08. The van der Waals surface area contributed by atoms with E-state index < -0.39 is 0 Å². The molecule has 1 aromatic carbocycles. The monoisotopic (exact) mass is 222 g/mol. The van der Waals surface area contributed by atoms with E-state index in [1.165, 1.54) is 5.56 Å². The molecule has 0 aliphatic carbocycles. The second-order valence-corrected chi connectivity index (χ2v) is 5.33. The maximum atomic E-state index is 5.93. The van der Waals surface area contributed by atoms with Crippen molar-refractivity contribution in [3.8, 4) is 0 Å². The second kappa shape index (κ2) is 3.57. The summed E-state index contributed by atoms with van der Waals surface area (Å²) in [5.74, 6) is 1.04. The molecule has 0 radical (unpaired) electrons. The van der Waals surface area contributed by atoms with Gasteiger partial charge in [0.2, 0.25) is 0 Å². The van der Waals surface area contributed by atoms with Crippen molar-refractivity contribution in [2.45, 2.75) is 27.4 Å². The van der Waals surface area contributed by atoms with Gasteiger partial charge < -0.3 is 4.74 Å². The normalized spacial score (nSPS) is 15.3. The Morgan fingerprint density at radius 3 is 2.67 bits per heavy atom. The van der Waals surface area contributed by atoms with Gasteiger partial charge in [0.1, 0.15) is 12.4 Å². The fraction of sp³-hybridized carbons (Fsp3) is 0.385. The Labute approximate surface area is 95.7 Å². The highest BCUT2D eigenvalue weighted by molar-refractivity contribution is 6.30. The molecule has 2 rings (SSSR count). The standard InChI is InChI=1S/C13H15ClO/c1-13(2,3)12-7-9-4-5-11(14)6-10(9)8-15-12/h4-7H,8H2,1-3H3. The van der Waals surface area contributed by atoms with E-state index in [1.54, 1.807) is 0 Å². The van der Waals surface area contributed by atoms with Gasteiger partial charge in [0.15, 0.2) is 0 Å². The van der Waals surface area contributed by atoms with E-state index in [4.69, 9.17) is 16.3 Å². The van der Waals surface area contributed by atoms with E-state index in [0.29, 0.717) is 6.61 Å². The third kappa shape index (κ3) is 2.18. The number of rotatable bonds is 0. The van der Waals surface area contributed by atoms with E-state index in [0.717, 1.165) is 16.3 Å². The number of ether oxygens (including phenoxy) is 1. The van der Waals surface area contributed by atoms with Crippen LogP contribution in [0, 0.1) is 5.41 Å². The molecule has 0 bridgehead atoms. The molecule has 0 N–H and O–H groups in total. The summed E-state index contributed by atoms with van der Waals surface area (Å²) in [7, 11) is 0. The molecule has 0 atom stereocenters. The van der Waals surface area contributed by atoms with Crippen molar-refractivity contribution in [2.24, 2.45) is 5.41 Å². The van der Waals surface area contributed by atoms with Crippen molar-refractivity contribution in [1.29, 1.82) is 0 Å². The smallest absolute Gasteiger partial charge is 0.113 e. The van der Waals surface area contributed by atoms with E-state index >= 15 is 0 Å². The van der Waals surface area contributed by atoms with Crippen LogP contribution >= 0.6 is 11.6 Å². The van der Waals surface area contributed by atoms with Crippen molar-refractivity contribution >= 4 is 17.7 Å². The molecule has 0 aromatic heterocycles. The molecule has 1 aromatic rings. The Morgan fingerprint density at radius 2 is 2.00 bits per heavy atom. The highest BCUT2D eigenvalue weighted by Crippen LogP contribution is 2.34. The van der Waals surface area contributed by atoms with Crippen LogP contribution < -0.4 is 0 Å². The number of fused-ring (bicyclic) bond motifs is 1. The van der Waals surface area contributed by atoms with Crippen molar-refractivity contribution in [2.75, 3.05) is 0 Å². The summed E-state index contributed by atoms with van der Waals surface area (Å²) >= 11 is 5.93. The van der Waals surface area contributed by atoms with Crippen molar-refractivity contribution in [3.63, 3.8) is 0 Å². The Balaban J connectivity index is 2.42. The van der Waals surface area contributed by atoms with Gasteiger partial charge in [-0.25, -0.2) is 0 Å². The van der Waals surface area contributed by atoms with Gasteiger partial charge in [-0.3, -0.25) is 0 Å². The summed E-state index contributed by atoms with van der Waals surface area (Å²) in [6.07, 6.45) is 2.11. The van der Waals surface area contributed by atoms with Crippen LogP contribution in [-0.4, -0.2) is 0 Å². The zero-order chi connectivity index (χ0) is 11.1. The van der Waals surface area contributed by atoms with Gasteiger partial charge in [-0.15, -0.1) is 0 Å². The molecule has 0 unspecified atom stereocenters. The molecule has 0 saturated heterocycles. The molecular formula is C13H15ClO. The van der Waals surface area contributed by atoms with Gasteiger partial charge >= 0.3 is 0 Å². The molecule has 0 saturated carbocycles. The van der Waals surface area contributed by atoms with Crippen LogP contribution in [-0.2, 0) is 11.3 Å². The van der Waals surface area contributed by atoms with Crippen molar-refractivity contribution in [1.82, 2.24) is 0 Å². The highest BCUT2D eigenvalue weighted by atomic mass is 35.5. The zero-order valence-electron chi connectivity index (χ0n) is 9.30. The Hall–Kier alpha value is -0.950. The third-order valence-corrected chi connectivity index (χ3v) is 2.75. The summed E-state index contributed by atoms with van der Waals surface area (Å²) < 4.78 is 5.73. The minimum atomic E-state index is 0.0668. The number of allylic oxidation sites excluding steroid dienone is 1. The van der Waals surface area contributed by atoms with Gasteiger partial charge in [-0.1, -0.05) is 38.4 Å². The first-order valence-corrected chi connectivity index (χ1v) is 5.48. The molecule has 1 nitrogen and oxygen atoms in total. The van der Waals surface area contributed by atoms with Gasteiger partial charge in [0.25, 0.3) is 0 Å². The average molecular weight is 223 g/mol. The first kappa shape index (κ1) is 10.6. The van der Waals surface area contributed by atoms with Crippen molar-refractivity contribution < 1.29 is 4.74 Å². The minimum absolute atomic E-state index is 0.0668. The topological polar surface area (TPSA) is 9.23 Å². The fourth-order valence-electron chi connectivity index (χ4n) is 1.61. The van der Waals surface area contributed by atoms with Crippen LogP contribution in [0.2, 0.25) is 5.02 Å². The number of hydrogen-bond donors (Lipinski definition) is 0. The summed E-state index contributed by atoms with van der Waals surface area (Å²) in [6, 6.07) is 5.93. The number of benzene rings is 1. The summed E-state index contributed by atoms with van der Waals surface area (Å²) in [5.41, 5.74) is 2.45. The lowest BCUT2D eigenvalue weighted by atomic mass is 9.90. The largest absolute Gasteiger partial charge is 0.493 e. The fourth-order valence-corrected chi connectivity index (χ4v) is 1.81. The zero-order valence-corrected chi connectivity index (χ0v) is 10.1. The molecule has 0 fully saturated rings. The molecule has 1 aliphatic heterocycles. The van der Waals surface area contributed by atoms with Gasteiger partial charge in [-0.05, 0) is 29.3 Å². The molecule has 2 heteroatoms. The quantitative estimate of drug-likeness (QED) is 0.638. The lowest BCUT2D eigenvalue weighted by molar-refractivity contribution is 0.139. The maximum Gasteiger partial charge on any atom is 0.113 e. The second-order valence-electron chi connectivity index (χ2n) is 4.89. The van der Waals surface area contributed by atoms with E-state index in [9.17, 15) is 0 Å². The lowest BCUT2D eigenvalue weighted by Gasteiger charge is -2.27. The van der Waals surface area contributed by atoms with Crippen LogP contribution in [0.15, 0.2) is 24.0 Å². The van der Waals surface area contributed by atoms with Crippen LogP contribution in [0.1, 0.15) is 31.9 Å². The van der Waals surface area contributed by atoms with E-state index in [-0.39, 0.29) is 5.41 Å². The minimum Gasteiger partial charge on any atom is -0.493 e. The molecule has 15 heavy (non-hydrogen) atoms. The number of hydrogen-bond acceptors (Lipinski definition) is 1. The Bertz CT molecular complexity index is 413. The average Bonchev–Trinajstić information content (AvgIpc) is 2.15. The maximum absolute atomic E-state index is 5.93. The van der Waals surface area contributed by atoms with Gasteiger partial charge in [0, 0.05) is 10.4 Å². The van der Waals surface area contributed by atoms with Crippen molar-refractivity contribution in [3.05, 3.63) is 40.1 Å². The molecule has 1 heterocycles. The Morgan fingerprint density at radius 1 is 1.27 bits per heavy atom. The molecular weight excluding hydrogens is 208 g/mol. The molecule has 0 amide bonds. The predicted octanol–water partition coefficient (Wildman–Crippen LogP) is 4.26. The van der Waals surface area contributed by atoms with Gasteiger partial charge in [0.05, 0.1) is 0 Å². The SMILES string of the molecule is CC(C)(C)C1=Cc2ccc(Cl)cc2CO1. The molecule has 1 aliphatic rings. The lowest BCUT2D eigenvalue weighted by Crippen LogP contribution is -2.15. The van der Waals surface area contributed by atoms with Crippen LogP contribution in [0.5, 0.6) is 0 Å². The third-order valence-electron chi connectivity index (χ3n) is 2.51. The first-order valence-electron chi connectivity index (χ1n) is 5.10. The van der Waals surface area contributed by atoms with Crippen LogP contribution in [0.4, 0.5) is 0 Å². The summed E-state index contributed by atoms with van der Waals surface area (Å²) in [4.78, 5) is 0. The van der Waals surface area contributed by atoms with E-state index in [1.807, 2.05) is 18.2 Å². The summed E-state index contributed by atoms with van der Waals surface area (Å²) in [5, 5.41) is 0.768. The molecule has 0 spiro atoms. The molecule has 80 valence electrons. The van der Waals surface area contributed by atoms with E-state index in [2.05, 4.69) is 26.8 Å². The first-order chi connectivity index (χ1) is 6.97. The Kier molecular flexibility index (Phi) is 2.51. The predicted molar refractivity (Wildman–Crippen MR) is 63.7 cm³/mol. The van der Waals surface area contributed by atoms with Crippen LogP contribution in [0.3, 0.4) is 0 Å².